The van der Waals surface area contributed by atoms with Crippen molar-refractivity contribution in [1.82, 2.24) is 9.88 Å². The fourth-order valence-electron chi connectivity index (χ4n) is 1.82. The summed E-state index contributed by atoms with van der Waals surface area (Å²) in [5.41, 5.74) is -0.305. The normalized spacial score (nSPS) is 12.2. The molecule has 0 aromatic carbocycles. The van der Waals surface area contributed by atoms with Gasteiger partial charge in [0.2, 0.25) is 5.95 Å². The van der Waals surface area contributed by atoms with Crippen LogP contribution in [-0.2, 0) is 0 Å². The maximum atomic E-state index is 13.6. The Labute approximate surface area is 119 Å². The third-order valence-corrected chi connectivity index (χ3v) is 4.32. The summed E-state index contributed by atoms with van der Waals surface area (Å²) in [5.74, 6) is -3.04. The van der Waals surface area contributed by atoms with Crippen molar-refractivity contribution in [1.29, 1.82) is 0 Å². The summed E-state index contributed by atoms with van der Waals surface area (Å²) in [6.45, 7) is 3.82. The van der Waals surface area contributed by atoms with E-state index in [2.05, 4.69) is 4.98 Å². The highest BCUT2D eigenvalue weighted by atomic mass is 32.1. The molecule has 106 valence electrons. The Morgan fingerprint density at radius 3 is 2.65 bits per heavy atom. The predicted octanol–water partition coefficient (Wildman–Crippen LogP) is 3.56. The van der Waals surface area contributed by atoms with E-state index in [0.29, 0.717) is 0 Å². The maximum absolute atomic E-state index is 13.6. The van der Waals surface area contributed by atoms with Gasteiger partial charge in [0.25, 0.3) is 5.91 Å². The highest BCUT2D eigenvalue weighted by Crippen LogP contribution is 2.27. The Kier molecular flexibility index (Phi) is 4.13. The van der Waals surface area contributed by atoms with Gasteiger partial charge in [-0.2, -0.15) is 4.39 Å². The second-order valence-electron chi connectivity index (χ2n) is 4.50. The van der Waals surface area contributed by atoms with Crippen molar-refractivity contribution in [2.45, 2.75) is 19.9 Å². The van der Waals surface area contributed by atoms with Gasteiger partial charge >= 0.3 is 0 Å². The molecule has 0 N–H and O–H groups in total. The largest absolute Gasteiger partial charge is 0.334 e. The average molecular weight is 296 g/mol. The first-order valence-corrected chi connectivity index (χ1v) is 6.87. The van der Waals surface area contributed by atoms with E-state index in [1.165, 1.54) is 11.0 Å². The number of hydrogen-bond donors (Lipinski definition) is 0. The van der Waals surface area contributed by atoms with Crippen molar-refractivity contribution in [3.8, 4) is 0 Å². The molecule has 2 rings (SSSR count). The molecule has 0 aliphatic rings. The molecule has 20 heavy (non-hydrogen) atoms. The third-order valence-electron chi connectivity index (χ3n) is 3.15. The minimum Gasteiger partial charge on any atom is -0.334 e. The molecule has 0 saturated heterocycles. The van der Waals surface area contributed by atoms with Gasteiger partial charge < -0.3 is 4.90 Å². The zero-order chi connectivity index (χ0) is 14.9. The summed E-state index contributed by atoms with van der Waals surface area (Å²) in [4.78, 5) is 18.9. The first kappa shape index (κ1) is 14.6. The lowest BCUT2D eigenvalue weighted by molar-refractivity contribution is 0.0738. The molecular weight excluding hydrogens is 282 g/mol. The molecule has 2 aromatic rings. The number of carbonyl (C=O) groups is 1. The molecule has 0 saturated carbocycles. The van der Waals surface area contributed by atoms with E-state index in [0.717, 1.165) is 16.0 Å². The van der Waals surface area contributed by atoms with Crippen molar-refractivity contribution < 1.29 is 13.6 Å². The van der Waals surface area contributed by atoms with Crippen molar-refractivity contribution in [3.63, 3.8) is 0 Å². The van der Waals surface area contributed by atoms with Crippen LogP contribution in [0.1, 0.15) is 33.1 Å². The summed E-state index contributed by atoms with van der Waals surface area (Å²) >= 11 is 1.57. The summed E-state index contributed by atoms with van der Waals surface area (Å²) in [6, 6.07) is 4.86. The molecule has 2 heterocycles. The first-order chi connectivity index (χ1) is 9.41. The number of hydrogen-bond acceptors (Lipinski definition) is 3. The van der Waals surface area contributed by atoms with E-state index < -0.39 is 17.7 Å². The molecule has 0 bridgehead atoms. The van der Waals surface area contributed by atoms with Crippen LogP contribution in [-0.4, -0.2) is 22.8 Å². The molecule has 1 amide bonds. The lowest BCUT2D eigenvalue weighted by Crippen LogP contribution is -2.30. The number of halogens is 2. The van der Waals surface area contributed by atoms with E-state index >= 15 is 0 Å². The quantitative estimate of drug-likeness (QED) is 0.811. The molecule has 0 radical (unpaired) electrons. The third kappa shape index (κ3) is 2.70. The lowest BCUT2D eigenvalue weighted by Gasteiger charge is -2.24. The van der Waals surface area contributed by atoms with Crippen LogP contribution < -0.4 is 0 Å². The summed E-state index contributed by atoms with van der Waals surface area (Å²) < 4.78 is 26.7. The van der Waals surface area contributed by atoms with E-state index in [1.807, 2.05) is 26.0 Å². The van der Waals surface area contributed by atoms with Crippen LogP contribution in [0.3, 0.4) is 0 Å². The van der Waals surface area contributed by atoms with Crippen LogP contribution in [0.2, 0.25) is 0 Å². The molecule has 1 unspecified atom stereocenters. The number of aryl methyl sites for hydroxylation is 1. The second-order valence-corrected chi connectivity index (χ2v) is 5.82. The molecule has 1 atom stereocenters. The number of pyridine rings is 1. The van der Waals surface area contributed by atoms with Crippen LogP contribution in [0.5, 0.6) is 0 Å². The molecule has 0 spiro atoms. The summed E-state index contributed by atoms with van der Waals surface area (Å²) in [5, 5.41) is 0. The van der Waals surface area contributed by atoms with E-state index in [9.17, 15) is 13.6 Å². The Bertz CT molecular complexity index is 642. The minimum absolute atomic E-state index is 0.211. The van der Waals surface area contributed by atoms with Crippen molar-refractivity contribution >= 4 is 17.2 Å². The van der Waals surface area contributed by atoms with Gasteiger partial charge in [0.15, 0.2) is 5.82 Å². The molecule has 6 heteroatoms. The van der Waals surface area contributed by atoms with Gasteiger partial charge in [0.1, 0.15) is 0 Å². The van der Waals surface area contributed by atoms with E-state index in [1.54, 1.807) is 18.4 Å². The monoisotopic (exact) mass is 296 g/mol. The van der Waals surface area contributed by atoms with Crippen molar-refractivity contribution in [3.05, 3.63) is 51.5 Å². The number of thiophene rings is 1. The van der Waals surface area contributed by atoms with E-state index in [-0.39, 0.29) is 11.6 Å². The zero-order valence-electron chi connectivity index (χ0n) is 11.4. The van der Waals surface area contributed by atoms with Gasteiger partial charge in [-0.3, -0.25) is 4.79 Å². The lowest BCUT2D eigenvalue weighted by atomic mass is 10.2. The number of aromatic nitrogens is 1. The second kappa shape index (κ2) is 5.66. The van der Waals surface area contributed by atoms with Gasteiger partial charge in [0, 0.05) is 23.0 Å². The van der Waals surface area contributed by atoms with Crippen molar-refractivity contribution in [2.75, 3.05) is 7.05 Å². The Balaban J connectivity index is 2.26. The molecule has 2 aromatic heterocycles. The SMILES string of the molecule is Cc1ccc(C(C)N(C)C(=O)c2ccnc(F)c2F)s1. The maximum Gasteiger partial charge on any atom is 0.257 e. The number of carbonyl (C=O) groups excluding carboxylic acids is 1. The van der Waals surface area contributed by atoms with Crippen LogP contribution in [0.15, 0.2) is 24.4 Å². The van der Waals surface area contributed by atoms with Gasteiger partial charge in [-0.25, -0.2) is 9.37 Å². The standard InChI is InChI=1S/C14H14F2N2OS/c1-8-4-5-11(20-8)9(2)18(3)14(19)10-6-7-17-13(16)12(10)15/h4-7,9H,1-3H3. The van der Waals surface area contributed by atoms with Gasteiger partial charge in [-0.1, -0.05) is 0 Å². The molecule has 0 fully saturated rings. The Hall–Kier alpha value is -1.82. The average Bonchev–Trinajstić information content (AvgIpc) is 2.86. The molecular formula is C14H14F2N2OS. The minimum atomic E-state index is -1.26. The van der Waals surface area contributed by atoms with Crippen LogP contribution in [0, 0.1) is 18.7 Å². The van der Waals surface area contributed by atoms with Gasteiger partial charge in [-0.05, 0) is 32.0 Å². The molecule has 0 aliphatic carbocycles. The van der Waals surface area contributed by atoms with Crippen molar-refractivity contribution in [2.24, 2.45) is 0 Å². The predicted molar refractivity (Wildman–Crippen MR) is 73.7 cm³/mol. The topological polar surface area (TPSA) is 33.2 Å². The van der Waals surface area contributed by atoms with Crippen LogP contribution in [0.25, 0.3) is 0 Å². The summed E-state index contributed by atoms with van der Waals surface area (Å²) in [6.07, 6.45) is 1.08. The molecule has 0 aliphatic heterocycles. The zero-order valence-corrected chi connectivity index (χ0v) is 12.2. The van der Waals surface area contributed by atoms with E-state index in [4.69, 9.17) is 0 Å². The van der Waals surface area contributed by atoms with Crippen LogP contribution in [0.4, 0.5) is 8.78 Å². The number of rotatable bonds is 3. The van der Waals surface area contributed by atoms with Gasteiger partial charge in [0.05, 0.1) is 11.6 Å². The number of nitrogens with zero attached hydrogens (tertiary/aromatic N) is 2. The highest BCUT2D eigenvalue weighted by molar-refractivity contribution is 7.12. The first-order valence-electron chi connectivity index (χ1n) is 6.05. The fourth-order valence-corrected chi connectivity index (χ4v) is 2.79. The Morgan fingerprint density at radius 2 is 2.05 bits per heavy atom. The Morgan fingerprint density at radius 1 is 1.35 bits per heavy atom. The smallest absolute Gasteiger partial charge is 0.257 e. The summed E-state index contributed by atoms with van der Waals surface area (Å²) in [7, 11) is 1.57. The van der Waals surface area contributed by atoms with Crippen LogP contribution >= 0.6 is 11.3 Å². The highest BCUT2D eigenvalue weighted by Gasteiger charge is 2.24. The molecule has 3 nitrogen and oxygen atoms in total. The van der Waals surface area contributed by atoms with Gasteiger partial charge in [-0.15, -0.1) is 11.3 Å². The number of amides is 1. The fraction of sp³-hybridized carbons (Fsp3) is 0.286.